The first-order valence-corrected chi connectivity index (χ1v) is 12.4. The fourth-order valence-electron chi connectivity index (χ4n) is 5.11. The number of fused-ring (bicyclic) bond motifs is 1. The highest BCUT2D eigenvalue weighted by molar-refractivity contribution is 6.35. The van der Waals surface area contributed by atoms with Crippen molar-refractivity contribution in [3.8, 4) is 6.07 Å². The zero-order valence-electron chi connectivity index (χ0n) is 19.0. The molecule has 1 aromatic carbocycles. The molecule has 2 fully saturated rings. The number of anilines is 1. The maximum Gasteiger partial charge on any atom is 0.190 e. The zero-order valence-corrected chi connectivity index (χ0v) is 20.5. The Morgan fingerprint density at radius 3 is 2.79 bits per heavy atom. The van der Waals surface area contributed by atoms with Gasteiger partial charge >= 0.3 is 0 Å². The van der Waals surface area contributed by atoms with Gasteiger partial charge in [0.1, 0.15) is 17.4 Å². The monoisotopic (exact) mass is 499 g/mol. The first-order valence-electron chi connectivity index (χ1n) is 11.7. The van der Waals surface area contributed by atoms with Crippen LogP contribution in [0.4, 0.5) is 5.82 Å². The van der Waals surface area contributed by atoms with E-state index < -0.39 is 0 Å². The molecular weight excluding hydrogens is 473 g/mol. The molecule has 34 heavy (non-hydrogen) atoms. The molecule has 2 atom stereocenters. The number of nitriles is 1. The molecule has 2 saturated heterocycles. The number of aliphatic hydroxyl groups is 1. The summed E-state index contributed by atoms with van der Waals surface area (Å²) in [6.45, 7) is 7.35. The van der Waals surface area contributed by atoms with Crippen LogP contribution in [0.2, 0.25) is 10.0 Å². The Morgan fingerprint density at radius 1 is 1.24 bits per heavy atom. The minimum Gasteiger partial charge on any atom is -0.396 e. The van der Waals surface area contributed by atoms with Gasteiger partial charge in [-0.05, 0) is 55.8 Å². The number of benzene rings is 1. The van der Waals surface area contributed by atoms with E-state index in [1.54, 1.807) is 23.0 Å². The molecule has 2 aliphatic heterocycles. The Labute approximate surface area is 208 Å². The van der Waals surface area contributed by atoms with Crippen LogP contribution in [0.1, 0.15) is 37.1 Å². The third-order valence-corrected chi connectivity index (χ3v) is 7.68. The number of halogens is 2. The predicted molar refractivity (Wildman–Crippen MR) is 132 cm³/mol. The molecule has 0 unspecified atom stereocenters. The van der Waals surface area contributed by atoms with Gasteiger partial charge in [0, 0.05) is 42.8 Å². The van der Waals surface area contributed by atoms with Crippen LogP contribution in [0.25, 0.3) is 11.2 Å². The normalized spacial score (nSPS) is 20.0. The van der Waals surface area contributed by atoms with E-state index in [1.165, 1.54) is 6.42 Å². The molecule has 10 heteroatoms. The van der Waals surface area contributed by atoms with Crippen molar-refractivity contribution in [3.63, 3.8) is 0 Å². The van der Waals surface area contributed by atoms with Crippen molar-refractivity contribution in [1.82, 2.24) is 24.6 Å². The van der Waals surface area contributed by atoms with E-state index in [-0.39, 0.29) is 18.3 Å². The molecule has 0 saturated carbocycles. The third-order valence-electron chi connectivity index (χ3n) is 7.12. The number of hydrogen-bond donors (Lipinski definition) is 1. The van der Waals surface area contributed by atoms with Gasteiger partial charge in [-0.3, -0.25) is 0 Å². The van der Waals surface area contributed by atoms with Gasteiger partial charge in [0.2, 0.25) is 0 Å². The lowest BCUT2D eigenvalue weighted by molar-refractivity contribution is 0.226. The second kappa shape index (κ2) is 9.67. The van der Waals surface area contributed by atoms with Crippen molar-refractivity contribution in [2.45, 2.75) is 25.8 Å². The van der Waals surface area contributed by atoms with Gasteiger partial charge in [0.05, 0.1) is 12.2 Å². The van der Waals surface area contributed by atoms with Crippen molar-refractivity contribution in [2.75, 3.05) is 44.2 Å². The summed E-state index contributed by atoms with van der Waals surface area (Å²) in [6, 6.07) is 7.26. The summed E-state index contributed by atoms with van der Waals surface area (Å²) in [5.41, 5.74) is 2.17. The number of hydrogen-bond acceptors (Lipinski definition) is 7. The first-order chi connectivity index (χ1) is 16.5. The summed E-state index contributed by atoms with van der Waals surface area (Å²) in [6.07, 6.45) is 3.80. The second-order valence-electron chi connectivity index (χ2n) is 9.24. The van der Waals surface area contributed by atoms with Crippen LogP contribution in [0, 0.1) is 23.2 Å². The van der Waals surface area contributed by atoms with Crippen LogP contribution in [-0.4, -0.2) is 69.1 Å². The van der Waals surface area contributed by atoms with Gasteiger partial charge in [-0.1, -0.05) is 29.3 Å². The molecule has 5 rings (SSSR count). The van der Waals surface area contributed by atoms with Gasteiger partial charge < -0.3 is 14.9 Å². The molecule has 0 amide bonds. The Hall–Kier alpha value is -2.44. The molecule has 0 aliphatic carbocycles. The Morgan fingerprint density at radius 2 is 2.06 bits per heavy atom. The van der Waals surface area contributed by atoms with Gasteiger partial charge in [-0.15, -0.1) is 0 Å². The van der Waals surface area contributed by atoms with Gasteiger partial charge in [0.15, 0.2) is 11.3 Å². The Bertz CT molecular complexity index is 1230. The lowest BCUT2D eigenvalue weighted by Crippen LogP contribution is -2.51. The quantitative estimate of drug-likeness (QED) is 0.528. The molecule has 3 aromatic rings. The highest BCUT2D eigenvalue weighted by Gasteiger charge is 2.38. The summed E-state index contributed by atoms with van der Waals surface area (Å²) in [5.74, 6) is 2.14. The van der Waals surface area contributed by atoms with Crippen LogP contribution < -0.4 is 4.90 Å². The molecule has 8 nitrogen and oxygen atoms in total. The van der Waals surface area contributed by atoms with E-state index >= 15 is 0 Å². The molecule has 4 heterocycles. The van der Waals surface area contributed by atoms with E-state index in [1.807, 2.05) is 13.0 Å². The third kappa shape index (κ3) is 4.34. The molecule has 0 radical (unpaired) electrons. The van der Waals surface area contributed by atoms with Gasteiger partial charge in [-0.25, -0.2) is 14.6 Å². The molecule has 2 aromatic heterocycles. The van der Waals surface area contributed by atoms with E-state index in [4.69, 9.17) is 33.3 Å². The Kier molecular flexibility index (Phi) is 6.63. The van der Waals surface area contributed by atoms with Crippen LogP contribution in [-0.2, 0) is 0 Å². The van der Waals surface area contributed by atoms with Crippen molar-refractivity contribution in [2.24, 2.45) is 11.8 Å². The van der Waals surface area contributed by atoms with Crippen LogP contribution in [0.3, 0.4) is 0 Å². The van der Waals surface area contributed by atoms with E-state index in [9.17, 15) is 5.26 Å². The number of aromatic nitrogens is 4. The smallest absolute Gasteiger partial charge is 0.190 e. The maximum atomic E-state index is 9.59. The summed E-state index contributed by atoms with van der Waals surface area (Å²) < 4.78 is 1.73. The topological polar surface area (TPSA) is 94.1 Å². The van der Waals surface area contributed by atoms with Gasteiger partial charge in [0.25, 0.3) is 0 Å². The van der Waals surface area contributed by atoms with E-state index in [0.29, 0.717) is 33.0 Å². The summed E-state index contributed by atoms with van der Waals surface area (Å²) in [5, 5.41) is 24.3. The minimum absolute atomic E-state index is 0.244. The molecule has 0 spiro atoms. The van der Waals surface area contributed by atoms with E-state index in [2.05, 4.69) is 26.0 Å². The van der Waals surface area contributed by atoms with E-state index in [0.717, 1.165) is 50.5 Å². The highest BCUT2D eigenvalue weighted by atomic mass is 35.5. The second-order valence-corrected chi connectivity index (χ2v) is 10.1. The minimum atomic E-state index is -0.244. The predicted octanol–water partition coefficient (Wildman–Crippen LogP) is 3.75. The molecule has 1 N–H and O–H groups in total. The summed E-state index contributed by atoms with van der Waals surface area (Å²) in [7, 11) is 0. The fraction of sp³-hybridized carbons (Fsp3) is 0.500. The Balaban J connectivity index is 1.35. The molecule has 2 aliphatic rings. The van der Waals surface area contributed by atoms with Crippen LogP contribution in [0.5, 0.6) is 0 Å². The fourth-order valence-corrected chi connectivity index (χ4v) is 5.68. The standard InChI is InChI=1S/C24H27Cl2N7O/c1-15(19-4-3-18(25)9-20(19)26)33-24-23(21(10-27)30-33)28-11-22(29-24)32-13-17(14-32)16-5-7-31(12-16)6-2-8-34/h3-4,9,11,15-17,34H,2,5-8,12-14H2,1H3/t15-,16-/m1/s1. The average Bonchev–Trinajstić information content (AvgIpc) is 3.40. The average molecular weight is 500 g/mol. The highest BCUT2D eigenvalue weighted by Crippen LogP contribution is 2.35. The van der Waals surface area contributed by atoms with Crippen LogP contribution in [0.15, 0.2) is 24.4 Å². The lowest BCUT2D eigenvalue weighted by Gasteiger charge is -2.43. The number of likely N-dealkylation sites (tertiary alicyclic amines) is 1. The van der Waals surface area contributed by atoms with Crippen molar-refractivity contribution < 1.29 is 5.11 Å². The summed E-state index contributed by atoms with van der Waals surface area (Å²) in [4.78, 5) is 14.1. The molecule has 0 bridgehead atoms. The summed E-state index contributed by atoms with van der Waals surface area (Å²) >= 11 is 12.5. The van der Waals surface area contributed by atoms with Crippen LogP contribution >= 0.6 is 23.2 Å². The largest absolute Gasteiger partial charge is 0.396 e. The van der Waals surface area contributed by atoms with Gasteiger partial charge in [-0.2, -0.15) is 10.4 Å². The molecule has 178 valence electrons. The number of rotatable bonds is 7. The maximum absolute atomic E-state index is 9.59. The van der Waals surface area contributed by atoms with Crippen molar-refractivity contribution >= 4 is 40.2 Å². The van der Waals surface area contributed by atoms with Crippen molar-refractivity contribution in [3.05, 3.63) is 45.7 Å². The number of nitrogens with zero attached hydrogens (tertiary/aromatic N) is 7. The SMILES string of the molecule is C[C@H](c1ccc(Cl)cc1Cl)n1nc(C#N)c2ncc(N3CC([C@@H]4CCN(CCCO)C4)C3)nc21. The number of aliphatic hydroxyl groups excluding tert-OH is 1. The first kappa shape index (κ1) is 23.3. The zero-order chi connectivity index (χ0) is 23.8. The van der Waals surface area contributed by atoms with Crippen molar-refractivity contribution in [1.29, 1.82) is 5.26 Å². The molecular formula is C24H27Cl2N7O. The lowest BCUT2D eigenvalue weighted by atomic mass is 9.85.